The van der Waals surface area contributed by atoms with Crippen molar-refractivity contribution in [2.45, 2.75) is 26.7 Å². The van der Waals surface area contributed by atoms with Gasteiger partial charge >= 0.3 is 0 Å². The summed E-state index contributed by atoms with van der Waals surface area (Å²) < 4.78 is 2.20. The average molecular weight is 282 g/mol. The molecule has 88 valence electrons. The van der Waals surface area contributed by atoms with Crippen molar-refractivity contribution in [2.24, 2.45) is 0 Å². The largest absolute Gasteiger partial charge is 0.235 e. The first-order valence-corrected chi connectivity index (χ1v) is 7.58. The molecular formula is C13H12ClNS2. The van der Waals surface area contributed by atoms with E-state index in [0.29, 0.717) is 0 Å². The van der Waals surface area contributed by atoms with Crippen LogP contribution in [0.15, 0.2) is 12.1 Å². The summed E-state index contributed by atoms with van der Waals surface area (Å²) in [6.45, 7) is 4.41. The van der Waals surface area contributed by atoms with Crippen LogP contribution in [-0.4, -0.2) is 4.98 Å². The minimum absolute atomic E-state index is 0.828. The standard InChI is InChI=1S/C13H12ClNS2/c1-7-3-4-8(2)12-11(7)15-13(17-12)9-5-6-10(14)16-9/h5-6H,3-4H2,1-2H3. The van der Waals surface area contributed by atoms with E-state index in [9.17, 15) is 0 Å². The third-order valence-electron chi connectivity index (χ3n) is 3.08. The number of rotatable bonds is 1. The number of thiophene rings is 1. The molecule has 0 fully saturated rings. The summed E-state index contributed by atoms with van der Waals surface area (Å²) in [4.78, 5) is 5.95. The third-order valence-corrected chi connectivity index (χ3v) is 5.70. The smallest absolute Gasteiger partial charge is 0.134 e. The van der Waals surface area contributed by atoms with Gasteiger partial charge < -0.3 is 0 Å². The topological polar surface area (TPSA) is 12.9 Å². The number of halogens is 1. The maximum atomic E-state index is 5.98. The van der Waals surface area contributed by atoms with Gasteiger partial charge in [0.25, 0.3) is 0 Å². The van der Waals surface area contributed by atoms with Crippen LogP contribution < -0.4 is 9.88 Å². The van der Waals surface area contributed by atoms with Gasteiger partial charge in [-0.15, -0.1) is 22.7 Å². The van der Waals surface area contributed by atoms with Gasteiger partial charge in [0, 0.05) is 0 Å². The second-order valence-corrected chi connectivity index (χ2v) is 7.08. The fourth-order valence-corrected chi connectivity index (χ4v) is 4.31. The summed E-state index contributed by atoms with van der Waals surface area (Å²) in [5.41, 5.74) is 2.88. The molecule has 2 aromatic rings. The van der Waals surface area contributed by atoms with Gasteiger partial charge in [0.05, 0.1) is 19.1 Å². The zero-order chi connectivity index (χ0) is 12.0. The molecule has 0 aliphatic heterocycles. The Bertz CT molecular complexity index is 654. The second kappa shape index (κ2) is 4.23. The molecule has 1 nitrogen and oxygen atoms in total. The molecule has 0 radical (unpaired) electrons. The van der Waals surface area contributed by atoms with Gasteiger partial charge in [-0.25, -0.2) is 4.98 Å². The maximum Gasteiger partial charge on any atom is 0.134 e. The van der Waals surface area contributed by atoms with Gasteiger partial charge in [0.1, 0.15) is 5.01 Å². The fourth-order valence-electron chi connectivity index (χ4n) is 2.04. The van der Waals surface area contributed by atoms with E-state index in [0.717, 1.165) is 15.8 Å². The van der Waals surface area contributed by atoms with Crippen molar-refractivity contribution in [3.63, 3.8) is 0 Å². The molecule has 0 spiro atoms. The molecule has 0 saturated carbocycles. The lowest BCUT2D eigenvalue weighted by Crippen LogP contribution is -2.28. The van der Waals surface area contributed by atoms with Crippen LogP contribution in [0, 0.1) is 0 Å². The lowest BCUT2D eigenvalue weighted by molar-refractivity contribution is 1.01. The number of hydrogen-bond donors (Lipinski definition) is 0. The van der Waals surface area contributed by atoms with Crippen LogP contribution in [0.3, 0.4) is 0 Å². The van der Waals surface area contributed by atoms with E-state index < -0.39 is 0 Å². The van der Waals surface area contributed by atoms with Gasteiger partial charge in [-0.1, -0.05) is 17.2 Å². The summed E-state index contributed by atoms with van der Waals surface area (Å²) in [5.74, 6) is 0. The molecular weight excluding hydrogens is 270 g/mol. The predicted octanol–water partition coefficient (Wildman–Crippen LogP) is 3.66. The first kappa shape index (κ1) is 11.5. The average Bonchev–Trinajstić information content (AvgIpc) is 2.90. The van der Waals surface area contributed by atoms with Crippen molar-refractivity contribution in [3.8, 4) is 9.88 Å². The van der Waals surface area contributed by atoms with E-state index >= 15 is 0 Å². The predicted molar refractivity (Wildman–Crippen MR) is 77.1 cm³/mol. The van der Waals surface area contributed by atoms with Gasteiger partial charge in [-0.2, -0.15) is 0 Å². The Morgan fingerprint density at radius 1 is 1.12 bits per heavy atom. The van der Waals surface area contributed by atoms with E-state index in [1.54, 1.807) is 22.7 Å². The molecule has 0 amide bonds. The molecule has 0 saturated heterocycles. The molecule has 0 atom stereocenters. The van der Waals surface area contributed by atoms with E-state index in [-0.39, 0.29) is 0 Å². The number of fused-ring (bicyclic) bond motifs is 1. The summed E-state index contributed by atoms with van der Waals surface area (Å²) in [6.07, 6.45) is 2.32. The second-order valence-electron chi connectivity index (χ2n) is 4.36. The zero-order valence-corrected chi connectivity index (χ0v) is 12.1. The Balaban J connectivity index is 2.27. The highest BCUT2D eigenvalue weighted by molar-refractivity contribution is 7.23. The van der Waals surface area contributed by atoms with Crippen LogP contribution in [-0.2, 0) is 0 Å². The first-order valence-electron chi connectivity index (χ1n) is 5.57. The normalized spacial score (nSPS) is 15.2. The van der Waals surface area contributed by atoms with Crippen LogP contribution >= 0.6 is 34.3 Å². The highest BCUT2D eigenvalue weighted by atomic mass is 35.5. The first-order chi connectivity index (χ1) is 8.15. The minimum atomic E-state index is 0.828. The Kier molecular flexibility index (Phi) is 2.85. The van der Waals surface area contributed by atoms with Gasteiger partial charge in [-0.3, -0.25) is 0 Å². The summed E-state index contributed by atoms with van der Waals surface area (Å²) in [5, 5.41) is 2.31. The molecule has 1 aliphatic rings. The molecule has 2 heterocycles. The molecule has 0 unspecified atom stereocenters. The number of aromatic nitrogens is 1. The van der Waals surface area contributed by atoms with E-state index in [4.69, 9.17) is 16.6 Å². The quantitative estimate of drug-likeness (QED) is 0.777. The van der Waals surface area contributed by atoms with Crippen LogP contribution in [0.25, 0.3) is 21.0 Å². The minimum Gasteiger partial charge on any atom is -0.235 e. The maximum absolute atomic E-state index is 5.98. The highest BCUT2D eigenvalue weighted by Gasteiger charge is 2.12. The Hall–Kier alpha value is -0.640. The van der Waals surface area contributed by atoms with Crippen molar-refractivity contribution < 1.29 is 0 Å². The van der Waals surface area contributed by atoms with E-state index in [2.05, 4.69) is 19.9 Å². The molecule has 4 heteroatoms. The van der Waals surface area contributed by atoms with E-state index in [1.165, 1.54) is 32.3 Å². The van der Waals surface area contributed by atoms with E-state index in [1.807, 2.05) is 6.07 Å². The Morgan fingerprint density at radius 3 is 2.53 bits per heavy atom. The van der Waals surface area contributed by atoms with Crippen LogP contribution in [0.5, 0.6) is 0 Å². The van der Waals surface area contributed by atoms with Crippen LogP contribution in [0.2, 0.25) is 4.34 Å². The summed E-state index contributed by atoms with van der Waals surface area (Å²) in [6, 6.07) is 4.00. The van der Waals surface area contributed by atoms with Gasteiger partial charge in [-0.05, 0) is 44.4 Å². The number of thiazole rings is 1. The monoisotopic (exact) mass is 281 g/mol. The van der Waals surface area contributed by atoms with Gasteiger partial charge in [0.15, 0.2) is 0 Å². The van der Waals surface area contributed by atoms with Crippen molar-refractivity contribution in [1.29, 1.82) is 0 Å². The molecule has 0 aromatic carbocycles. The van der Waals surface area contributed by atoms with Crippen molar-refractivity contribution in [3.05, 3.63) is 26.4 Å². The SMILES string of the molecule is CC1=c2nc(-c3ccc(Cl)s3)sc2=C(C)CC1. The molecule has 0 N–H and O–H groups in total. The molecule has 1 aliphatic carbocycles. The lowest BCUT2D eigenvalue weighted by Gasteiger charge is -2.05. The summed E-state index contributed by atoms with van der Waals surface area (Å²) in [7, 11) is 0. The molecule has 0 bridgehead atoms. The van der Waals surface area contributed by atoms with Gasteiger partial charge in [0.2, 0.25) is 0 Å². The van der Waals surface area contributed by atoms with Crippen LogP contribution in [0.1, 0.15) is 26.7 Å². The summed E-state index contributed by atoms with van der Waals surface area (Å²) >= 11 is 9.38. The van der Waals surface area contributed by atoms with Crippen molar-refractivity contribution >= 4 is 45.4 Å². The lowest BCUT2D eigenvalue weighted by atomic mass is 10.0. The third kappa shape index (κ3) is 1.96. The molecule has 17 heavy (non-hydrogen) atoms. The fraction of sp³-hybridized carbons (Fsp3) is 0.308. The number of hydrogen-bond acceptors (Lipinski definition) is 3. The highest BCUT2D eigenvalue weighted by Crippen LogP contribution is 2.31. The Morgan fingerprint density at radius 2 is 1.88 bits per heavy atom. The molecule has 3 rings (SSSR count). The molecule has 2 aromatic heterocycles. The van der Waals surface area contributed by atoms with Crippen LogP contribution in [0.4, 0.5) is 0 Å². The number of nitrogens with zero attached hydrogens (tertiary/aromatic N) is 1. The zero-order valence-electron chi connectivity index (χ0n) is 9.71. The Labute approximate surface area is 113 Å². The van der Waals surface area contributed by atoms with Crippen molar-refractivity contribution in [2.75, 3.05) is 0 Å². The van der Waals surface area contributed by atoms with Crippen molar-refractivity contribution in [1.82, 2.24) is 4.98 Å².